The molecule has 3 rings (SSSR count). The Morgan fingerprint density at radius 3 is 2.43 bits per heavy atom. The van der Waals surface area contributed by atoms with Gasteiger partial charge in [0.25, 0.3) is 5.91 Å². The molecular formula is C19H20FN3O7. The second-order valence-electron chi connectivity index (χ2n) is 7.21. The van der Waals surface area contributed by atoms with E-state index in [1.807, 2.05) is 0 Å². The summed E-state index contributed by atoms with van der Waals surface area (Å²) >= 11 is 0. The summed E-state index contributed by atoms with van der Waals surface area (Å²) in [5.41, 5.74) is -0.828. The number of nitrogens with one attached hydrogen (secondary N) is 1. The molecule has 11 heteroatoms. The Hall–Kier alpha value is -3.37. The van der Waals surface area contributed by atoms with E-state index in [2.05, 4.69) is 5.32 Å². The van der Waals surface area contributed by atoms with E-state index in [-0.39, 0.29) is 42.3 Å². The summed E-state index contributed by atoms with van der Waals surface area (Å²) in [5.74, 6) is -3.70. The third-order valence-electron chi connectivity index (χ3n) is 5.26. The zero-order valence-corrected chi connectivity index (χ0v) is 16.0. The van der Waals surface area contributed by atoms with E-state index in [1.165, 1.54) is 0 Å². The molecule has 1 saturated carbocycles. The molecule has 1 aromatic rings. The fraction of sp³-hybridized carbons (Fsp3) is 0.474. The zero-order chi connectivity index (χ0) is 21.8. The van der Waals surface area contributed by atoms with E-state index in [0.29, 0.717) is 12.8 Å². The molecule has 0 radical (unpaired) electrons. The Labute approximate surface area is 170 Å². The molecule has 160 valence electrons. The van der Waals surface area contributed by atoms with Crippen LogP contribution in [0, 0.1) is 27.8 Å². The van der Waals surface area contributed by atoms with Crippen molar-refractivity contribution in [3.63, 3.8) is 0 Å². The molecule has 1 aliphatic carbocycles. The van der Waals surface area contributed by atoms with Crippen molar-refractivity contribution < 1.29 is 33.2 Å². The molecule has 1 aromatic carbocycles. The minimum atomic E-state index is -1.05. The highest BCUT2D eigenvalue weighted by molar-refractivity contribution is 6.05. The van der Waals surface area contributed by atoms with Crippen LogP contribution in [0.5, 0.6) is 0 Å². The SMILES string of the molecule is O=C(COC(=O)CCN1C(=O)[C@H]2CCCC[C@H]2C1=O)Nc1ccc(F)c([N+](=O)[O-])c1. The Kier molecular flexibility index (Phi) is 6.38. The van der Waals surface area contributed by atoms with Crippen LogP contribution in [0.2, 0.25) is 0 Å². The molecule has 2 atom stereocenters. The summed E-state index contributed by atoms with van der Waals surface area (Å²) in [7, 11) is 0. The number of rotatable bonds is 7. The molecule has 1 aliphatic heterocycles. The maximum Gasteiger partial charge on any atom is 0.308 e. The number of halogens is 1. The van der Waals surface area contributed by atoms with Gasteiger partial charge in [-0.25, -0.2) is 0 Å². The van der Waals surface area contributed by atoms with Gasteiger partial charge in [0.05, 0.1) is 23.2 Å². The summed E-state index contributed by atoms with van der Waals surface area (Å²) in [4.78, 5) is 59.3. The van der Waals surface area contributed by atoms with E-state index < -0.39 is 34.9 Å². The normalized spacial score (nSPS) is 20.6. The first kappa shape index (κ1) is 21.3. The van der Waals surface area contributed by atoms with Gasteiger partial charge in [0.1, 0.15) is 0 Å². The van der Waals surface area contributed by atoms with Gasteiger partial charge in [-0.05, 0) is 25.0 Å². The Morgan fingerprint density at radius 1 is 1.20 bits per heavy atom. The van der Waals surface area contributed by atoms with Gasteiger partial charge < -0.3 is 10.1 Å². The van der Waals surface area contributed by atoms with Crippen molar-refractivity contribution in [3.05, 3.63) is 34.1 Å². The van der Waals surface area contributed by atoms with Crippen LogP contribution >= 0.6 is 0 Å². The number of esters is 1. The van der Waals surface area contributed by atoms with Crippen LogP contribution in [0.3, 0.4) is 0 Å². The first-order chi connectivity index (χ1) is 14.3. The van der Waals surface area contributed by atoms with Crippen LogP contribution in [0.1, 0.15) is 32.1 Å². The summed E-state index contributed by atoms with van der Waals surface area (Å²) in [5, 5.41) is 13.0. The molecule has 2 aliphatic rings. The highest BCUT2D eigenvalue weighted by Gasteiger charge is 2.47. The Bertz CT molecular complexity index is 880. The second kappa shape index (κ2) is 8.97. The molecule has 0 unspecified atom stereocenters. The number of benzene rings is 1. The van der Waals surface area contributed by atoms with Crippen molar-refractivity contribution in [2.75, 3.05) is 18.5 Å². The van der Waals surface area contributed by atoms with Gasteiger partial charge >= 0.3 is 11.7 Å². The van der Waals surface area contributed by atoms with Gasteiger partial charge in [-0.1, -0.05) is 12.8 Å². The van der Waals surface area contributed by atoms with Gasteiger partial charge in [-0.15, -0.1) is 0 Å². The highest BCUT2D eigenvalue weighted by atomic mass is 19.1. The van der Waals surface area contributed by atoms with Gasteiger partial charge in [0.15, 0.2) is 6.61 Å². The molecule has 0 bridgehead atoms. The predicted molar refractivity (Wildman–Crippen MR) is 99.4 cm³/mol. The maximum absolute atomic E-state index is 13.3. The zero-order valence-electron chi connectivity index (χ0n) is 16.0. The quantitative estimate of drug-likeness (QED) is 0.307. The first-order valence-electron chi connectivity index (χ1n) is 9.52. The molecule has 1 N–H and O–H groups in total. The number of hydrogen-bond acceptors (Lipinski definition) is 7. The minimum absolute atomic E-state index is 0.0278. The monoisotopic (exact) mass is 421 g/mol. The second-order valence-corrected chi connectivity index (χ2v) is 7.21. The average Bonchev–Trinajstić information content (AvgIpc) is 2.96. The predicted octanol–water partition coefficient (Wildman–Crippen LogP) is 1.78. The number of nitrogens with zero attached hydrogens (tertiary/aromatic N) is 2. The highest BCUT2D eigenvalue weighted by Crippen LogP contribution is 2.37. The number of nitro benzene ring substituents is 1. The van der Waals surface area contributed by atoms with Crippen LogP contribution in [-0.2, 0) is 23.9 Å². The lowest BCUT2D eigenvalue weighted by molar-refractivity contribution is -0.387. The number of nitro groups is 1. The molecule has 1 saturated heterocycles. The third kappa shape index (κ3) is 4.61. The van der Waals surface area contributed by atoms with Crippen molar-refractivity contribution in [2.24, 2.45) is 11.8 Å². The van der Waals surface area contributed by atoms with Crippen molar-refractivity contribution in [1.29, 1.82) is 0 Å². The average molecular weight is 421 g/mol. The lowest BCUT2D eigenvalue weighted by atomic mass is 9.81. The standard InChI is InChI=1S/C19H20FN3O7/c20-14-6-5-11(9-15(14)23(28)29)21-16(24)10-30-17(25)7-8-22-18(26)12-3-1-2-4-13(12)19(22)27/h5-6,9,12-13H,1-4,7-8,10H2,(H,21,24)/t12-,13+. The molecule has 30 heavy (non-hydrogen) atoms. The number of fused-ring (bicyclic) bond motifs is 1. The van der Waals surface area contributed by atoms with Crippen LogP contribution in [0.25, 0.3) is 0 Å². The summed E-state index contributed by atoms with van der Waals surface area (Å²) in [6.45, 7) is -0.771. The first-order valence-corrected chi connectivity index (χ1v) is 9.52. The molecular weight excluding hydrogens is 401 g/mol. The number of amides is 3. The number of hydrogen-bond donors (Lipinski definition) is 1. The van der Waals surface area contributed by atoms with Crippen LogP contribution in [0.4, 0.5) is 15.8 Å². The number of carbonyl (C=O) groups is 4. The fourth-order valence-electron chi connectivity index (χ4n) is 3.80. The largest absolute Gasteiger partial charge is 0.456 e. The molecule has 2 fully saturated rings. The Balaban J connectivity index is 1.45. The number of anilines is 1. The van der Waals surface area contributed by atoms with Gasteiger partial charge in [0, 0.05) is 18.3 Å². The van der Waals surface area contributed by atoms with Gasteiger partial charge in [0.2, 0.25) is 17.6 Å². The van der Waals surface area contributed by atoms with Crippen molar-refractivity contribution in [2.45, 2.75) is 32.1 Å². The smallest absolute Gasteiger partial charge is 0.308 e. The van der Waals surface area contributed by atoms with E-state index >= 15 is 0 Å². The summed E-state index contributed by atoms with van der Waals surface area (Å²) in [6.07, 6.45) is 2.92. The third-order valence-corrected chi connectivity index (χ3v) is 5.26. The fourth-order valence-corrected chi connectivity index (χ4v) is 3.80. The Morgan fingerprint density at radius 2 is 1.83 bits per heavy atom. The molecule has 0 spiro atoms. The van der Waals surface area contributed by atoms with Crippen molar-refractivity contribution >= 4 is 35.1 Å². The van der Waals surface area contributed by atoms with Crippen molar-refractivity contribution in [3.8, 4) is 0 Å². The maximum atomic E-state index is 13.3. The lowest BCUT2D eigenvalue weighted by Crippen LogP contribution is -2.33. The van der Waals surface area contributed by atoms with Gasteiger partial charge in [-0.2, -0.15) is 4.39 Å². The van der Waals surface area contributed by atoms with E-state index in [4.69, 9.17) is 4.74 Å². The minimum Gasteiger partial charge on any atom is -0.456 e. The van der Waals surface area contributed by atoms with Gasteiger partial charge in [-0.3, -0.25) is 34.2 Å². The van der Waals surface area contributed by atoms with E-state index in [9.17, 15) is 33.7 Å². The molecule has 3 amide bonds. The summed E-state index contributed by atoms with van der Waals surface area (Å²) < 4.78 is 18.1. The van der Waals surface area contributed by atoms with E-state index in [0.717, 1.165) is 35.9 Å². The number of ether oxygens (including phenoxy) is 1. The molecule has 0 aromatic heterocycles. The van der Waals surface area contributed by atoms with E-state index in [1.54, 1.807) is 0 Å². The van der Waals surface area contributed by atoms with Crippen LogP contribution in [-0.4, -0.2) is 46.7 Å². The molecule has 10 nitrogen and oxygen atoms in total. The lowest BCUT2D eigenvalue weighted by Gasteiger charge is -2.19. The number of imide groups is 1. The van der Waals surface area contributed by atoms with Crippen molar-refractivity contribution in [1.82, 2.24) is 4.90 Å². The van der Waals surface area contributed by atoms with Crippen LogP contribution < -0.4 is 5.32 Å². The topological polar surface area (TPSA) is 136 Å². The number of carbonyl (C=O) groups excluding carboxylic acids is 4. The summed E-state index contributed by atoms with van der Waals surface area (Å²) in [6, 6.07) is 2.81. The number of likely N-dealkylation sites (tertiary alicyclic amines) is 1. The molecule has 1 heterocycles. The van der Waals surface area contributed by atoms with Crippen LogP contribution in [0.15, 0.2) is 18.2 Å².